The molecule has 0 saturated carbocycles. The van der Waals surface area contributed by atoms with Crippen molar-refractivity contribution in [2.45, 2.75) is 70.9 Å². The molecule has 1 fully saturated rings. The molecule has 1 aliphatic rings. The largest absolute Gasteiger partial charge is 0.390 e. The first-order chi connectivity index (χ1) is 6.99. The molecule has 98 valence electrons. The first kappa shape index (κ1) is 16.2. The zero-order valence-electron chi connectivity index (χ0n) is 11.0. The van der Waals surface area contributed by atoms with Gasteiger partial charge in [-0.2, -0.15) is 0 Å². The lowest BCUT2D eigenvalue weighted by molar-refractivity contribution is 0.0642. The van der Waals surface area contributed by atoms with E-state index in [1.807, 2.05) is 13.8 Å². The summed E-state index contributed by atoms with van der Waals surface area (Å²) < 4.78 is 0. The highest BCUT2D eigenvalue weighted by Crippen LogP contribution is 2.18. The summed E-state index contributed by atoms with van der Waals surface area (Å²) >= 11 is 0. The van der Waals surface area contributed by atoms with Crippen LogP contribution in [0.3, 0.4) is 0 Å². The second-order valence-electron chi connectivity index (χ2n) is 5.65. The highest BCUT2D eigenvalue weighted by Gasteiger charge is 2.18. The quantitative estimate of drug-likeness (QED) is 0.809. The average Bonchev–Trinajstić information content (AvgIpc) is 2.17. The summed E-state index contributed by atoms with van der Waals surface area (Å²) in [5.74, 6) is 0. The van der Waals surface area contributed by atoms with Crippen molar-refractivity contribution in [3.63, 3.8) is 0 Å². The summed E-state index contributed by atoms with van der Waals surface area (Å²) in [6, 6.07) is 0.702. The van der Waals surface area contributed by atoms with Crippen molar-refractivity contribution in [1.29, 1.82) is 0 Å². The van der Waals surface area contributed by atoms with Crippen LogP contribution < -0.4 is 0 Å². The second kappa shape index (κ2) is 7.52. The molecule has 0 spiro atoms. The summed E-state index contributed by atoms with van der Waals surface area (Å²) in [6.07, 6.45) is 7.44. The van der Waals surface area contributed by atoms with Crippen LogP contribution >= 0.6 is 12.4 Å². The number of rotatable bonds is 5. The summed E-state index contributed by atoms with van der Waals surface area (Å²) in [5.41, 5.74) is -0.485. The fourth-order valence-electron chi connectivity index (χ4n) is 2.37. The molecule has 1 N–H and O–H groups in total. The fourth-order valence-corrected chi connectivity index (χ4v) is 2.37. The molecule has 0 aliphatic carbocycles. The second-order valence-corrected chi connectivity index (χ2v) is 5.65. The van der Waals surface area contributed by atoms with E-state index in [-0.39, 0.29) is 12.4 Å². The maximum absolute atomic E-state index is 9.63. The van der Waals surface area contributed by atoms with Crippen molar-refractivity contribution in [2.75, 3.05) is 13.1 Å². The van der Waals surface area contributed by atoms with Gasteiger partial charge in [-0.1, -0.05) is 6.42 Å². The normalized spacial score (nSPS) is 20.2. The third-order valence-electron chi connectivity index (χ3n) is 3.42. The van der Waals surface area contributed by atoms with Gasteiger partial charge >= 0.3 is 0 Å². The van der Waals surface area contributed by atoms with Crippen LogP contribution in [0, 0.1) is 0 Å². The summed E-state index contributed by atoms with van der Waals surface area (Å²) in [5, 5.41) is 9.63. The molecule has 0 radical (unpaired) electrons. The predicted molar refractivity (Wildman–Crippen MR) is 72.3 cm³/mol. The number of nitrogens with zero attached hydrogens (tertiary/aromatic N) is 1. The molecule has 0 aromatic heterocycles. The van der Waals surface area contributed by atoms with Gasteiger partial charge in [0.25, 0.3) is 0 Å². The lowest BCUT2D eigenvalue weighted by Crippen LogP contribution is -2.37. The van der Waals surface area contributed by atoms with E-state index in [2.05, 4.69) is 11.8 Å². The van der Waals surface area contributed by atoms with Gasteiger partial charge in [0.05, 0.1) is 5.60 Å². The van der Waals surface area contributed by atoms with Crippen molar-refractivity contribution < 1.29 is 5.11 Å². The molecule has 3 heteroatoms. The fraction of sp³-hybridized carbons (Fsp3) is 1.00. The molecule has 16 heavy (non-hydrogen) atoms. The zero-order chi connectivity index (χ0) is 11.3. The van der Waals surface area contributed by atoms with Gasteiger partial charge in [0.2, 0.25) is 0 Å². The summed E-state index contributed by atoms with van der Waals surface area (Å²) in [4.78, 5) is 2.61. The molecule has 1 unspecified atom stereocenters. The van der Waals surface area contributed by atoms with Gasteiger partial charge in [-0.25, -0.2) is 0 Å². The molecule has 1 saturated heterocycles. The first-order valence-corrected chi connectivity index (χ1v) is 6.45. The molecular weight excluding hydrogens is 222 g/mol. The third-order valence-corrected chi connectivity index (χ3v) is 3.42. The van der Waals surface area contributed by atoms with Crippen molar-refractivity contribution >= 4 is 12.4 Å². The highest BCUT2D eigenvalue weighted by molar-refractivity contribution is 5.85. The average molecular weight is 250 g/mol. The number of halogens is 1. The standard InChI is InChI=1S/C13H27NO.ClH/c1-12(8-7-9-13(2,3)15)14-10-5-4-6-11-14;/h12,15H,4-11H2,1-3H3;1H. The highest BCUT2D eigenvalue weighted by atomic mass is 35.5. The third kappa shape index (κ3) is 6.72. The number of likely N-dealkylation sites (tertiary alicyclic amines) is 1. The summed E-state index contributed by atoms with van der Waals surface area (Å²) in [7, 11) is 0. The Kier molecular flexibility index (Phi) is 7.62. The van der Waals surface area contributed by atoms with Gasteiger partial charge in [-0.15, -0.1) is 12.4 Å². The Morgan fingerprint density at radius 2 is 1.75 bits per heavy atom. The number of piperidine rings is 1. The molecule has 2 nitrogen and oxygen atoms in total. The first-order valence-electron chi connectivity index (χ1n) is 6.45. The summed E-state index contributed by atoms with van der Waals surface area (Å²) in [6.45, 7) is 8.69. The Morgan fingerprint density at radius 3 is 2.25 bits per heavy atom. The number of aliphatic hydroxyl groups is 1. The Bertz CT molecular complexity index is 173. The van der Waals surface area contributed by atoms with Gasteiger partial charge in [0, 0.05) is 6.04 Å². The monoisotopic (exact) mass is 249 g/mol. The van der Waals surface area contributed by atoms with E-state index in [0.717, 1.165) is 12.8 Å². The number of hydrogen-bond donors (Lipinski definition) is 1. The van der Waals surface area contributed by atoms with Crippen LogP contribution in [0.5, 0.6) is 0 Å². The van der Waals surface area contributed by atoms with Gasteiger partial charge in [0.1, 0.15) is 0 Å². The topological polar surface area (TPSA) is 23.5 Å². The lowest BCUT2D eigenvalue weighted by Gasteiger charge is -2.32. The minimum absolute atomic E-state index is 0. The Hall–Kier alpha value is 0.210. The van der Waals surface area contributed by atoms with Crippen LogP contribution in [0.2, 0.25) is 0 Å². The number of hydrogen-bond acceptors (Lipinski definition) is 2. The van der Waals surface area contributed by atoms with Crippen molar-refractivity contribution in [3.8, 4) is 0 Å². The van der Waals surface area contributed by atoms with Crippen LogP contribution in [0.1, 0.15) is 59.3 Å². The SMILES string of the molecule is CC(CCCC(C)(C)O)N1CCCCC1.Cl. The minimum Gasteiger partial charge on any atom is -0.390 e. The zero-order valence-corrected chi connectivity index (χ0v) is 11.9. The van der Waals surface area contributed by atoms with E-state index >= 15 is 0 Å². The molecule has 0 amide bonds. The van der Waals surface area contributed by atoms with Crippen LogP contribution in [0.4, 0.5) is 0 Å². The van der Waals surface area contributed by atoms with E-state index in [1.165, 1.54) is 38.8 Å². The Balaban J connectivity index is 0.00000225. The molecule has 1 aliphatic heterocycles. The van der Waals surface area contributed by atoms with E-state index < -0.39 is 5.60 Å². The molecule has 0 aromatic rings. The molecule has 0 aromatic carbocycles. The van der Waals surface area contributed by atoms with E-state index in [4.69, 9.17) is 0 Å². The van der Waals surface area contributed by atoms with Gasteiger partial charge in [-0.3, -0.25) is 0 Å². The van der Waals surface area contributed by atoms with Crippen LogP contribution in [-0.2, 0) is 0 Å². The maximum atomic E-state index is 9.63. The molecule has 1 atom stereocenters. The molecule has 0 bridgehead atoms. The van der Waals surface area contributed by atoms with Crippen molar-refractivity contribution in [1.82, 2.24) is 4.90 Å². The van der Waals surface area contributed by atoms with Crippen LogP contribution in [0.25, 0.3) is 0 Å². The van der Waals surface area contributed by atoms with E-state index in [1.54, 1.807) is 0 Å². The minimum atomic E-state index is -0.485. The van der Waals surface area contributed by atoms with E-state index in [0.29, 0.717) is 6.04 Å². The molecule has 1 rings (SSSR count). The van der Waals surface area contributed by atoms with Gasteiger partial charge in [-0.05, 0) is 66.0 Å². The van der Waals surface area contributed by atoms with Crippen LogP contribution in [-0.4, -0.2) is 34.7 Å². The molecule has 1 heterocycles. The predicted octanol–water partition coefficient (Wildman–Crippen LogP) is 3.22. The molecular formula is C13H28ClNO. The lowest BCUT2D eigenvalue weighted by atomic mass is 9.98. The Labute approximate surface area is 107 Å². The van der Waals surface area contributed by atoms with Crippen LogP contribution in [0.15, 0.2) is 0 Å². The van der Waals surface area contributed by atoms with Gasteiger partial charge in [0.15, 0.2) is 0 Å². The van der Waals surface area contributed by atoms with Gasteiger partial charge < -0.3 is 10.0 Å². The van der Waals surface area contributed by atoms with Crippen molar-refractivity contribution in [2.24, 2.45) is 0 Å². The Morgan fingerprint density at radius 1 is 1.19 bits per heavy atom. The van der Waals surface area contributed by atoms with Crippen molar-refractivity contribution in [3.05, 3.63) is 0 Å². The maximum Gasteiger partial charge on any atom is 0.0591 e. The van der Waals surface area contributed by atoms with E-state index in [9.17, 15) is 5.11 Å². The smallest absolute Gasteiger partial charge is 0.0591 e.